The third-order valence-corrected chi connectivity index (χ3v) is 4.81. The Balaban J connectivity index is 1.73. The number of nitrogen functional groups attached to an aromatic ring is 1. The van der Waals surface area contributed by atoms with Gasteiger partial charge in [-0.1, -0.05) is 11.6 Å². The molecule has 134 valence electrons. The second kappa shape index (κ2) is 6.15. The van der Waals surface area contributed by atoms with E-state index in [9.17, 15) is 10.2 Å². The largest absolute Gasteiger partial charge is 0.508 e. The number of H-pyrrole nitrogens is 1. The van der Waals surface area contributed by atoms with Gasteiger partial charge >= 0.3 is 0 Å². The minimum atomic E-state index is -0.307. The lowest BCUT2D eigenvalue weighted by atomic mass is 9.89. The van der Waals surface area contributed by atoms with Crippen molar-refractivity contribution in [2.45, 2.75) is 25.0 Å². The van der Waals surface area contributed by atoms with E-state index in [1.54, 1.807) is 12.1 Å². The number of hydrogen-bond donors (Lipinski definition) is 6. The number of aliphatic hydroxyl groups excluding tert-OH is 1. The number of aromatic nitrogens is 3. The molecular weight excluding hydrogens is 356 g/mol. The molecule has 1 aromatic carbocycles. The fourth-order valence-corrected chi connectivity index (χ4v) is 3.38. The van der Waals surface area contributed by atoms with Crippen LogP contribution >= 0.6 is 11.6 Å². The van der Waals surface area contributed by atoms with Crippen LogP contribution in [0.5, 0.6) is 5.75 Å². The van der Waals surface area contributed by atoms with E-state index >= 15 is 0 Å². The Morgan fingerprint density at radius 3 is 2.81 bits per heavy atom. The summed E-state index contributed by atoms with van der Waals surface area (Å²) in [5.74, 6) is 0.681. The predicted molar refractivity (Wildman–Crippen MR) is 100 cm³/mol. The second-order valence-corrected chi connectivity index (χ2v) is 6.81. The molecule has 1 saturated carbocycles. The van der Waals surface area contributed by atoms with Gasteiger partial charge in [0, 0.05) is 17.5 Å². The molecule has 0 spiro atoms. The van der Waals surface area contributed by atoms with E-state index in [1.165, 1.54) is 12.4 Å². The fourth-order valence-electron chi connectivity index (χ4n) is 3.11. The van der Waals surface area contributed by atoms with Gasteiger partial charge in [0.2, 0.25) is 0 Å². The van der Waals surface area contributed by atoms with Gasteiger partial charge in [-0.3, -0.25) is 5.41 Å². The van der Waals surface area contributed by atoms with E-state index in [2.05, 4.69) is 20.3 Å². The van der Waals surface area contributed by atoms with Crippen LogP contribution in [-0.2, 0) is 0 Å². The van der Waals surface area contributed by atoms with Crippen molar-refractivity contribution in [2.24, 2.45) is 0 Å². The Hall–Kier alpha value is -2.84. The van der Waals surface area contributed by atoms with Gasteiger partial charge in [-0.15, -0.1) is 0 Å². The van der Waals surface area contributed by atoms with E-state index in [1.807, 2.05) is 0 Å². The molecule has 2 heterocycles. The quantitative estimate of drug-likeness (QED) is 0.387. The molecule has 26 heavy (non-hydrogen) atoms. The van der Waals surface area contributed by atoms with Crippen LogP contribution in [0.1, 0.15) is 24.1 Å². The molecule has 0 atom stereocenters. The molecule has 3 aromatic rings. The molecule has 1 fully saturated rings. The molecular formula is C17H17ClN6O2. The van der Waals surface area contributed by atoms with Gasteiger partial charge in [0.15, 0.2) is 0 Å². The van der Waals surface area contributed by atoms with E-state index in [0.29, 0.717) is 45.8 Å². The fraction of sp³-hybridized carbons (Fsp3) is 0.235. The zero-order chi connectivity index (χ0) is 18.4. The molecule has 9 heteroatoms. The summed E-state index contributed by atoms with van der Waals surface area (Å²) in [6.45, 7) is 0. The summed E-state index contributed by atoms with van der Waals surface area (Å²) in [6, 6.07) is 4.80. The predicted octanol–water partition coefficient (Wildman–Crippen LogP) is 2.25. The first kappa shape index (κ1) is 16.6. The number of aliphatic hydroxyl groups is 1. The lowest BCUT2D eigenvalue weighted by molar-refractivity contribution is 0.0835. The van der Waals surface area contributed by atoms with Crippen molar-refractivity contribution >= 4 is 39.9 Å². The number of benzene rings is 1. The first-order valence-electron chi connectivity index (χ1n) is 8.08. The van der Waals surface area contributed by atoms with E-state index < -0.39 is 0 Å². The van der Waals surface area contributed by atoms with Gasteiger partial charge in [0.1, 0.15) is 23.7 Å². The van der Waals surface area contributed by atoms with Crippen molar-refractivity contribution < 1.29 is 10.2 Å². The highest BCUT2D eigenvalue weighted by Crippen LogP contribution is 2.31. The van der Waals surface area contributed by atoms with Gasteiger partial charge in [0.05, 0.1) is 33.6 Å². The minimum absolute atomic E-state index is 0.0491. The number of aromatic hydroxyl groups is 1. The van der Waals surface area contributed by atoms with Crippen LogP contribution in [0.15, 0.2) is 24.5 Å². The van der Waals surface area contributed by atoms with Gasteiger partial charge < -0.3 is 26.2 Å². The van der Waals surface area contributed by atoms with Crippen LogP contribution in [0.4, 0.5) is 11.6 Å². The molecule has 0 unspecified atom stereocenters. The summed E-state index contributed by atoms with van der Waals surface area (Å²) >= 11 is 6.15. The van der Waals surface area contributed by atoms with Crippen molar-refractivity contribution in [1.29, 1.82) is 5.41 Å². The molecule has 0 saturated heterocycles. The van der Waals surface area contributed by atoms with Crippen molar-refractivity contribution in [3.8, 4) is 5.75 Å². The van der Waals surface area contributed by atoms with Crippen molar-refractivity contribution in [1.82, 2.24) is 15.0 Å². The number of nitrogens with zero attached hydrogens (tertiary/aromatic N) is 2. The molecule has 0 radical (unpaired) electrons. The normalized spacial score (nSPS) is 19.3. The molecule has 2 aromatic heterocycles. The smallest absolute Gasteiger partial charge is 0.141 e. The Labute approximate surface area is 153 Å². The molecule has 7 N–H and O–H groups in total. The van der Waals surface area contributed by atoms with Crippen LogP contribution in [-0.4, -0.2) is 43.0 Å². The van der Waals surface area contributed by atoms with Crippen LogP contribution in [0, 0.1) is 5.41 Å². The molecule has 4 rings (SSSR count). The molecule has 0 bridgehead atoms. The van der Waals surface area contributed by atoms with Gasteiger partial charge in [-0.25, -0.2) is 9.97 Å². The summed E-state index contributed by atoms with van der Waals surface area (Å²) in [4.78, 5) is 11.3. The maximum absolute atomic E-state index is 9.70. The number of fused-ring (bicyclic) bond motifs is 1. The number of anilines is 2. The zero-order valence-electron chi connectivity index (χ0n) is 13.6. The third-order valence-electron chi connectivity index (χ3n) is 4.51. The number of aromatic amines is 1. The molecule has 8 nitrogen and oxygen atoms in total. The number of halogens is 1. The zero-order valence-corrected chi connectivity index (χ0v) is 14.4. The average Bonchev–Trinajstić information content (AvgIpc) is 2.97. The Kier molecular flexibility index (Phi) is 3.93. The summed E-state index contributed by atoms with van der Waals surface area (Å²) in [7, 11) is 0. The number of nitrogens with one attached hydrogen (secondary N) is 3. The summed E-state index contributed by atoms with van der Waals surface area (Å²) in [6.07, 6.45) is 2.28. The van der Waals surface area contributed by atoms with Crippen molar-refractivity contribution in [3.05, 3.63) is 40.8 Å². The summed E-state index contributed by atoms with van der Waals surface area (Å²) in [5.41, 5.74) is 7.59. The van der Waals surface area contributed by atoms with E-state index in [0.717, 1.165) is 0 Å². The number of rotatable bonds is 4. The monoisotopic (exact) mass is 372 g/mol. The van der Waals surface area contributed by atoms with Gasteiger partial charge in [0.25, 0.3) is 0 Å². The van der Waals surface area contributed by atoms with Crippen LogP contribution < -0.4 is 11.1 Å². The Morgan fingerprint density at radius 1 is 1.31 bits per heavy atom. The Morgan fingerprint density at radius 2 is 2.08 bits per heavy atom. The van der Waals surface area contributed by atoms with Gasteiger partial charge in [-0.2, -0.15) is 0 Å². The maximum atomic E-state index is 9.70. The molecule has 0 aliphatic heterocycles. The number of hydrogen-bond acceptors (Lipinski definition) is 7. The Bertz CT molecular complexity index is 1010. The second-order valence-electron chi connectivity index (χ2n) is 6.40. The highest BCUT2D eigenvalue weighted by atomic mass is 35.5. The van der Waals surface area contributed by atoms with Crippen molar-refractivity contribution in [2.75, 3.05) is 11.1 Å². The lowest BCUT2D eigenvalue weighted by Crippen LogP contribution is -2.39. The number of nitrogens with two attached hydrogens (primary N) is 1. The van der Waals surface area contributed by atoms with Crippen LogP contribution in [0.2, 0.25) is 5.02 Å². The van der Waals surface area contributed by atoms with Gasteiger partial charge in [-0.05, 0) is 25.0 Å². The molecule has 1 aliphatic rings. The van der Waals surface area contributed by atoms with Crippen molar-refractivity contribution in [3.63, 3.8) is 0 Å². The first-order chi connectivity index (χ1) is 12.4. The first-order valence-corrected chi connectivity index (χ1v) is 8.45. The van der Waals surface area contributed by atoms with E-state index in [-0.39, 0.29) is 29.4 Å². The molecule has 1 aliphatic carbocycles. The standard InChI is InChI=1S/C17H17ClN6O2/c18-11-5-9(25)1-7-2-12(24-15(7)11)14(19)13-16(20)21-6-22-17(13)23-8-3-10(26)4-8/h1-2,5-6,8,10,19,24-26H,3-4H2,(H3,20,21,22,23). The number of phenolic OH excluding ortho intramolecular Hbond substituents is 1. The SMILES string of the molecule is N=C(c1cc2cc(O)cc(Cl)c2[nH]1)c1c(N)ncnc1NC1CC(O)C1. The highest BCUT2D eigenvalue weighted by Gasteiger charge is 2.29. The topological polar surface area (TPSA) is 144 Å². The summed E-state index contributed by atoms with van der Waals surface area (Å²) < 4.78 is 0. The third kappa shape index (κ3) is 2.83. The highest BCUT2D eigenvalue weighted by molar-refractivity contribution is 6.35. The van der Waals surface area contributed by atoms with Crippen LogP contribution in [0.3, 0.4) is 0 Å². The van der Waals surface area contributed by atoms with E-state index in [4.69, 9.17) is 22.7 Å². The maximum Gasteiger partial charge on any atom is 0.141 e. The lowest BCUT2D eigenvalue weighted by Gasteiger charge is -2.32. The molecule has 0 amide bonds. The number of phenols is 1. The summed E-state index contributed by atoms with van der Waals surface area (Å²) in [5, 5.41) is 32.0. The average molecular weight is 373 g/mol. The minimum Gasteiger partial charge on any atom is -0.508 e. The van der Waals surface area contributed by atoms with Crippen LogP contribution in [0.25, 0.3) is 10.9 Å².